The highest BCUT2D eigenvalue weighted by molar-refractivity contribution is 7.14. The number of Topliss-reactive ketones (excluding diaryl/α,β-unsaturated/α-hetero) is 2. The van der Waals surface area contributed by atoms with E-state index in [0.717, 1.165) is 22.6 Å². The molecule has 156 valence electrons. The first-order valence-electron chi connectivity index (χ1n) is 9.97. The highest BCUT2D eigenvalue weighted by Gasteiger charge is 2.12. The van der Waals surface area contributed by atoms with Crippen LogP contribution in [0.4, 0.5) is 0 Å². The minimum atomic E-state index is -0.140. The molecule has 1 aromatic carbocycles. The van der Waals surface area contributed by atoms with E-state index < -0.39 is 0 Å². The van der Waals surface area contributed by atoms with Gasteiger partial charge < -0.3 is 10.1 Å². The number of hydrogen-bond donors (Lipinski definition) is 1. The van der Waals surface area contributed by atoms with Crippen LogP contribution >= 0.6 is 11.3 Å². The summed E-state index contributed by atoms with van der Waals surface area (Å²) in [6.07, 6.45) is 1.58. The summed E-state index contributed by atoms with van der Waals surface area (Å²) in [6, 6.07) is 11.5. The summed E-state index contributed by atoms with van der Waals surface area (Å²) < 4.78 is 5.60. The Bertz CT molecular complexity index is 824. The molecule has 1 aromatic heterocycles. The number of aryl methyl sites for hydroxylation is 1. The first kappa shape index (κ1) is 22.8. The fourth-order valence-corrected chi connectivity index (χ4v) is 3.61. The van der Waals surface area contributed by atoms with Crippen LogP contribution in [0.25, 0.3) is 0 Å². The lowest BCUT2D eigenvalue weighted by Crippen LogP contribution is -2.26. The summed E-state index contributed by atoms with van der Waals surface area (Å²) >= 11 is 1.44. The fraction of sp³-hybridized carbons (Fsp3) is 0.435. The molecule has 0 spiro atoms. The molecule has 0 aliphatic heterocycles. The molecule has 0 unspecified atom stereocenters. The van der Waals surface area contributed by atoms with Gasteiger partial charge in [0, 0.05) is 37.1 Å². The van der Waals surface area contributed by atoms with Gasteiger partial charge in [-0.15, -0.1) is 11.3 Å². The maximum atomic E-state index is 12.0. The van der Waals surface area contributed by atoms with Gasteiger partial charge in [-0.2, -0.15) is 0 Å². The summed E-state index contributed by atoms with van der Waals surface area (Å²) in [7, 11) is 0. The zero-order valence-corrected chi connectivity index (χ0v) is 18.1. The lowest BCUT2D eigenvalue weighted by atomic mass is 10.1. The van der Waals surface area contributed by atoms with E-state index in [1.165, 1.54) is 11.3 Å². The van der Waals surface area contributed by atoms with Gasteiger partial charge in [0.2, 0.25) is 5.91 Å². The molecule has 1 N–H and O–H groups in total. The van der Waals surface area contributed by atoms with Gasteiger partial charge >= 0.3 is 0 Å². The standard InChI is InChI=1S/C23H29NO4S/c1-16(2)28-20-9-5-18(6-10-20)14-15-24-23(27)13-8-19(25)7-11-21(26)22-12-4-17(3)29-22/h4-6,9-10,12,16H,7-8,11,13-15H2,1-3H3,(H,24,27). The lowest BCUT2D eigenvalue weighted by Gasteiger charge is -2.10. The van der Waals surface area contributed by atoms with Crippen molar-refractivity contribution in [2.75, 3.05) is 6.54 Å². The molecule has 2 aromatic rings. The van der Waals surface area contributed by atoms with Crippen molar-refractivity contribution >= 4 is 28.8 Å². The summed E-state index contributed by atoms with van der Waals surface area (Å²) in [4.78, 5) is 37.7. The first-order valence-corrected chi connectivity index (χ1v) is 10.8. The van der Waals surface area contributed by atoms with Crippen LogP contribution in [0.5, 0.6) is 5.75 Å². The molecular weight excluding hydrogens is 386 g/mol. The Hall–Kier alpha value is -2.47. The van der Waals surface area contributed by atoms with Crippen LogP contribution in [0.3, 0.4) is 0 Å². The number of thiophene rings is 1. The minimum absolute atomic E-state index is 0.00860. The molecule has 0 bridgehead atoms. The third-order valence-corrected chi connectivity index (χ3v) is 5.35. The number of rotatable bonds is 12. The summed E-state index contributed by atoms with van der Waals surface area (Å²) in [6.45, 7) is 6.43. The molecule has 0 saturated heterocycles. The Labute approximate surface area is 176 Å². The molecular formula is C23H29NO4S. The van der Waals surface area contributed by atoms with E-state index in [2.05, 4.69) is 5.32 Å². The van der Waals surface area contributed by atoms with Crippen LogP contribution in [-0.4, -0.2) is 30.1 Å². The number of hydrogen-bond acceptors (Lipinski definition) is 5. The van der Waals surface area contributed by atoms with Gasteiger partial charge in [-0.3, -0.25) is 14.4 Å². The minimum Gasteiger partial charge on any atom is -0.491 e. The average Bonchev–Trinajstić information content (AvgIpc) is 3.12. The number of ether oxygens (including phenoxy) is 1. The Morgan fingerprint density at radius 1 is 0.966 bits per heavy atom. The summed E-state index contributed by atoms with van der Waals surface area (Å²) in [5.74, 6) is 0.630. The molecule has 1 amide bonds. The van der Waals surface area contributed by atoms with E-state index in [0.29, 0.717) is 11.4 Å². The van der Waals surface area contributed by atoms with E-state index in [4.69, 9.17) is 4.74 Å². The molecule has 1 heterocycles. The molecule has 0 aliphatic rings. The van der Waals surface area contributed by atoms with Crippen molar-refractivity contribution in [3.05, 3.63) is 51.7 Å². The van der Waals surface area contributed by atoms with Crippen LogP contribution in [0.1, 0.15) is 59.6 Å². The van der Waals surface area contributed by atoms with Gasteiger partial charge in [0.05, 0.1) is 11.0 Å². The number of nitrogens with one attached hydrogen (secondary N) is 1. The van der Waals surface area contributed by atoms with Crippen molar-refractivity contribution in [1.29, 1.82) is 0 Å². The second-order valence-corrected chi connectivity index (χ2v) is 8.57. The highest BCUT2D eigenvalue weighted by atomic mass is 32.1. The Kier molecular flexibility index (Phi) is 9.06. The van der Waals surface area contributed by atoms with E-state index in [9.17, 15) is 14.4 Å². The molecule has 0 fully saturated rings. The van der Waals surface area contributed by atoms with Gasteiger partial charge in [-0.1, -0.05) is 12.1 Å². The van der Waals surface area contributed by atoms with Gasteiger partial charge in [-0.05, 0) is 57.0 Å². The van der Waals surface area contributed by atoms with Gasteiger partial charge in [0.25, 0.3) is 0 Å². The van der Waals surface area contributed by atoms with Crippen LogP contribution in [0.2, 0.25) is 0 Å². The van der Waals surface area contributed by atoms with Crippen LogP contribution in [0.15, 0.2) is 36.4 Å². The zero-order valence-electron chi connectivity index (χ0n) is 17.3. The largest absolute Gasteiger partial charge is 0.491 e. The Balaban J connectivity index is 1.60. The second-order valence-electron chi connectivity index (χ2n) is 7.28. The molecule has 29 heavy (non-hydrogen) atoms. The predicted molar refractivity (Wildman–Crippen MR) is 116 cm³/mol. The van der Waals surface area contributed by atoms with Crippen LogP contribution < -0.4 is 10.1 Å². The van der Waals surface area contributed by atoms with Crippen LogP contribution in [0, 0.1) is 6.92 Å². The Morgan fingerprint density at radius 3 is 2.28 bits per heavy atom. The SMILES string of the molecule is Cc1ccc(C(=O)CCC(=O)CCC(=O)NCCc2ccc(OC(C)C)cc2)s1. The summed E-state index contributed by atoms with van der Waals surface area (Å²) in [5, 5.41) is 2.84. The third-order valence-electron chi connectivity index (χ3n) is 4.31. The van der Waals surface area contributed by atoms with Gasteiger partial charge in [-0.25, -0.2) is 0 Å². The predicted octanol–water partition coefficient (Wildman–Crippen LogP) is 4.51. The van der Waals surface area contributed by atoms with Crippen LogP contribution in [-0.2, 0) is 16.0 Å². The van der Waals surface area contributed by atoms with Crippen molar-refractivity contribution in [2.24, 2.45) is 0 Å². The average molecular weight is 416 g/mol. The molecule has 0 saturated carbocycles. The van der Waals surface area contributed by atoms with Crippen molar-refractivity contribution in [1.82, 2.24) is 5.32 Å². The first-order chi connectivity index (χ1) is 13.8. The maximum absolute atomic E-state index is 12.0. The van der Waals surface area contributed by atoms with E-state index in [1.807, 2.05) is 51.1 Å². The smallest absolute Gasteiger partial charge is 0.220 e. The zero-order chi connectivity index (χ0) is 21.2. The topological polar surface area (TPSA) is 72.5 Å². The van der Waals surface area contributed by atoms with E-state index in [1.54, 1.807) is 6.07 Å². The molecule has 5 nitrogen and oxygen atoms in total. The van der Waals surface area contributed by atoms with Crippen molar-refractivity contribution < 1.29 is 19.1 Å². The number of ketones is 2. The lowest BCUT2D eigenvalue weighted by molar-refractivity contribution is -0.125. The number of carbonyl (C=O) groups excluding carboxylic acids is 3. The fourth-order valence-electron chi connectivity index (χ4n) is 2.78. The quantitative estimate of drug-likeness (QED) is 0.518. The van der Waals surface area contributed by atoms with Gasteiger partial charge in [0.15, 0.2) is 5.78 Å². The number of carbonyl (C=O) groups is 3. The van der Waals surface area contributed by atoms with Crippen molar-refractivity contribution in [3.63, 3.8) is 0 Å². The highest BCUT2D eigenvalue weighted by Crippen LogP contribution is 2.18. The second kappa shape index (κ2) is 11.5. The van der Waals surface area contributed by atoms with Gasteiger partial charge in [0.1, 0.15) is 11.5 Å². The monoisotopic (exact) mass is 415 g/mol. The Morgan fingerprint density at radius 2 is 1.66 bits per heavy atom. The van der Waals surface area contributed by atoms with Crippen molar-refractivity contribution in [2.45, 2.75) is 59.0 Å². The maximum Gasteiger partial charge on any atom is 0.220 e. The summed E-state index contributed by atoms with van der Waals surface area (Å²) in [5.41, 5.74) is 1.11. The molecule has 0 atom stereocenters. The van der Waals surface area contributed by atoms with E-state index >= 15 is 0 Å². The number of benzene rings is 1. The number of amides is 1. The normalized spacial score (nSPS) is 10.8. The molecule has 0 radical (unpaired) electrons. The van der Waals surface area contributed by atoms with Crippen molar-refractivity contribution in [3.8, 4) is 5.75 Å². The molecule has 6 heteroatoms. The molecule has 2 rings (SSSR count). The third kappa shape index (κ3) is 8.60. The molecule has 0 aliphatic carbocycles. The van der Waals surface area contributed by atoms with E-state index in [-0.39, 0.29) is 49.3 Å².